The first-order chi connectivity index (χ1) is 12.1. The third-order valence-corrected chi connectivity index (χ3v) is 4.02. The first-order valence-corrected chi connectivity index (χ1v) is 8.63. The second-order valence-electron chi connectivity index (χ2n) is 6.36. The number of hydrogen-bond acceptors (Lipinski definition) is 3. The summed E-state index contributed by atoms with van der Waals surface area (Å²) in [6.07, 6.45) is 0.771. The Hall–Kier alpha value is -2.10. The van der Waals surface area contributed by atoms with Gasteiger partial charge in [-0.3, -0.25) is 0 Å². The van der Waals surface area contributed by atoms with E-state index in [2.05, 4.69) is 37.8 Å². The summed E-state index contributed by atoms with van der Waals surface area (Å²) >= 11 is 0. The van der Waals surface area contributed by atoms with E-state index in [4.69, 9.17) is 14.2 Å². The zero-order valence-corrected chi connectivity index (χ0v) is 15.4. The predicted octanol–water partition coefficient (Wildman–Crippen LogP) is 4.80. The van der Waals surface area contributed by atoms with Crippen molar-refractivity contribution in [2.24, 2.45) is 0 Å². The van der Waals surface area contributed by atoms with E-state index in [1.807, 2.05) is 37.3 Å². The number of methoxy groups -OCH3 is 1. The Labute approximate surface area is 151 Å². The molecule has 3 heteroatoms. The van der Waals surface area contributed by atoms with E-state index in [9.17, 15) is 0 Å². The SMILES string of the molecule is C=C(C)CO[C@@H](C)C(Cc1ccccc1)OCc1ccc(OC)cc1. The summed E-state index contributed by atoms with van der Waals surface area (Å²) in [6.45, 7) is 9.03. The van der Waals surface area contributed by atoms with Crippen molar-refractivity contribution in [2.45, 2.75) is 39.1 Å². The Morgan fingerprint density at radius 1 is 0.960 bits per heavy atom. The minimum absolute atomic E-state index is 0.0184. The topological polar surface area (TPSA) is 27.7 Å². The zero-order chi connectivity index (χ0) is 18.1. The number of hydrogen-bond donors (Lipinski definition) is 0. The molecule has 0 saturated heterocycles. The summed E-state index contributed by atoms with van der Waals surface area (Å²) in [5.74, 6) is 0.850. The van der Waals surface area contributed by atoms with E-state index in [1.165, 1.54) is 5.56 Å². The molecule has 0 fully saturated rings. The van der Waals surface area contributed by atoms with Gasteiger partial charge in [0.1, 0.15) is 5.75 Å². The van der Waals surface area contributed by atoms with Gasteiger partial charge < -0.3 is 14.2 Å². The van der Waals surface area contributed by atoms with Crippen LogP contribution in [0.15, 0.2) is 66.7 Å². The van der Waals surface area contributed by atoms with Gasteiger partial charge in [-0.15, -0.1) is 0 Å². The largest absolute Gasteiger partial charge is 0.497 e. The monoisotopic (exact) mass is 340 g/mol. The molecule has 1 unspecified atom stereocenters. The molecule has 0 aromatic heterocycles. The first kappa shape index (κ1) is 19.2. The van der Waals surface area contributed by atoms with Crippen LogP contribution in [0.2, 0.25) is 0 Å². The molecule has 2 rings (SSSR count). The van der Waals surface area contributed by atoms with Gasteiger partial charge in [-0.05, 0) is 37.1 Å². The van der Waals surface area contributed by atoms with Gasteiger partial charge in [0.15, 0.2) is 0 Å². The lowest BCUT2D eigenvalue weighted by atomic mass is 10.0. The van der Waals surface area contributed by atoms with E-state index in [1.54, 1.807) is 7.11 Å². The van der Waals surface area contributed by atoms with Crippen molar-refractivity contribution in [3.8, 4) is 5.75 Å². The molecule has 2 aromatic carbocycles. The summed E-state index contributed by atoms with van der Waals surface area (Å²) in [7, 11) is 1.67. The molecule has 2 atom stereocenters. The lowest BCUT2D eigenvalue weighted by molar-refractivity contribution is -0.0654. The van der Waals surface area contributed by atoms with Crippen LogP contribution in [0.3, 0.4) is 0 Å². The fourth-order valence-electron chi connectivity index (χ4n) is 2.51. The smallest absolute Gasteiger partial charge is 0.118 e. The van der Waals surface area contributed by atoms with E-state index in [-0.39, 0.29) is 12.2 Å². The van der Waals surface area contributed by atoms with Gasteiger partial charge in [0.25, 0.3) is 0 Å². The molecule has 134 valence electrons. The van der Waals surface area contributed by atoms with E-state index < -0.39 is 0 Å². The minimum atomic E-state index is -0.0242. The van der Waals surface area contributed by atoms with Crippen molar-refractivity contribution in [2.75, 3.05) is 13.7 Å². The highest BCUT2D eigenvalue weighted by atomic mass is 16.5. The highest BCUT2D eigenvalue weighted by molar-refractivity contribution is 5.26. The van der Waals surface area contributed by atoms with Crippen LogP contribution in [-0.4, -0.2) is 25.9 Å². The summed E-state index contributed by atoms with van der Waals surface area (Å²) < 4.78 is 17.3. The Morgan fingerprint density at radius 3 is 2.24 bits per heavy atom. The summed E-state index contributed by atoms with van der Waals surface area (Å²) in [5, 5.41) is 0. The zero-order valence-electron chi connectivity index (χ0n) is 15.4. The number of rotatable bonds is 10. The third kappa shape index (κ3) is 6.73. The molecule has 25 heavy (non-hydrogen) atoms. The molecular formula is C22H28O3. The van der Waals surface area contributed by atoms with Crippen LogP contribution in [0.4, 0.5) is 0 Å². The molecule has 0 N–H and O–H groups in total. The Bertz CT molecular complexity index is 634. The van der Waals surface area contributed by atoms with Crippen LogP contribution in [0, 0.1) is 0 Å². The Balaban J connectivity index is 2.00. The number of benzene rings is 2. The lowest BCUT2D eigenvalue weighted by Gasteiger charge is -2.25. The molecule has 3 nitrogen and oxygen atoms in total. The molecule has 0 radical (unpaired) electrons. The average molecular weight is 340 g/mol. The van der Waals surface area contributed by atoms with Crippen molar-refractivity contribution < 1.29 is 14.2 Å². The molecule has 2 aromatic rings. The maximum Gasteiger partial charge on any atom is 0.118 e. The molecule has 0 spiro atoms. The highest BCUT2D eigenvalue weighted by Gasteiger charge is 2.19. The van der Waals surface area contributed by atoms with Gasteiger partial charge in [-0.2, -0.15) is 0 Å². The molecule has 0 aliphatic rings. The molecule has 0 bridgehead atoms. The fraction of sp³-hybridized carbons (Fsp3) is 0.364. The summed E-state index contributed by atoms with van der Waals surface area (Å²) in [6, 6.07) is 18.3. The summed E-state index contributed by atoms with van der Waals surface area (Å²) in [4.78, 5) is 0. The normalized spacial score (nSPS) is 13.2. The van der Waals surface area contributed by atoms with E-state index >= 15 is 0 Å². The predicted molar refractivity (Wildman–Crippen MR) is 102 cm³/mol. The van der Waals surface area contributed by atoms with Gasteiger partial charge in [0.05, 0.1) is 32.5 Å². The molecule has 0 heterocycles. The highest BCUT2D eigenvalue weighted by Crippen LogP contribution is 2.17. The van der Waals surface area contributed by atoms with Crippen LogP contribution in [-0.2, 0) is 22.5 Å². The standard InChI is InChI=1S/C22H28O3/c1-17(2)15-24-18(3)22(14-19-8-6-5-7-9-19)25-16-20-10-12-21(23-4)13-11-20/h5-13,18,22H,1,14-16H2,2-4H3/t18-,22?/m0/s1. The van der Waals surface area contributed by atoms with Crippen LogP contribution in [0.5, 0.6) is 5.75 Å². The Kier molecular flexibility index (Phi) is 7.71. The van der Waals surface area contributed by atoms with Gasteiger partial charge in [-0.25, -0.2) is 0 Å². The maximum absolute atomic E-state index is 6.20. The first-order valence-electron chi connectivity index (χ1n) is 8.63. The Morgan fingerprint density at radius 2 is 1.64 bits per heavy atom. The van der Waals surface area contributed by atoms with Gasteiger partial charge >= 0.3 is 0 Å². The van der Waals surface area contributed by atoms with E-state index in [0.29, 0.717) is 13.2 Å². The molecule has 0 amide bonds. The van der Waals surface area contributed by atoms with Crippen molar-refractivity contribution in [3.63, 3.8) is 0 Å². The molecular weight excluding hydrogens is 312 g/mol. The van der Waals surface area contributed by atoms with Gasteiger partial charge in [0, 0.05) is 6.42 Å². The minimum Gasteiger partial charge on any atom is -0.497 e. The van der Waals surface area contributed by atoms with Crippen LogP contribution in [0.25, 0.3) is 0 Å². The fourth-order valence-corrected chi connectivity index (χ4v) is 2.51. The van der Waals surface area contributed by atoms with Crippen LogP contribution in [0.1, 0.15) is 25.0 Å². The third-order valence-electron chi connectivity index (χ3n) is 4.02. The van der Waals surface area contributed by atoms with Crippen molar-refractivity contribution in [1.29, 1.82) is 0 Å². The summed E-state index contributed by atoms with van der Waals surface area (Å²) in [5.41, 5.74) is 3.37. The number of ether oxygens (including phenoxy) is 3. The van der Waals surface area contributed by atoms with E-state index in [0.717, 1.165) is 23.3 Å². The van der Waals surface area contributed by atoms with Crippen molar-refractivity contribution in [3.05, 3.63) is 77.9 Å². The quantitative estimate of drug-likeness (QED) is 0.581. The molecule has 0 saturated carbocycles. The van der Waals surface area contributed by atoms with Crippen LogP contribution >= 0.6 is 0 Å². The van der Waals surface area contributed by atoms with Crippen LogP contribution < -0.4 is 4.74 Å². The van der Waals surface area contributed by atoms with Gasteiger partial charge in [-0.1, -0.05) is 54.6 Å². The molecule has 0 aliphatic heterocycles. The van der Waals surface area contributed by atoms with Crippen molar-refractivity contribution in [1.82, 2.24) is 0 Å². The second-order valence-corrected chi connectivity index (χ2v) is 6.36. The second kappa shape index (κ2) is 10.0. The lowest BCUT2D eigenvalue weighted by Crippen LogP contribution is -2.31. The van der Waals surface area contributed by atoms with Gasteiger partial charge in [0.2, 0.25) is 0 Å². The average Bonchev–Trinajstić information content (AvgIpc) is 2.64. The molecule has 0 aliphatic carbocycles. The van der Waals surface area contributed by atoms with Crippen molar-refractivity contribution >= 4 is 0 Å². The maximum atomic E-state index is 6.20.